The molecule has 7 rings (SSSR count). The number of hydrogen-bond acceptors (Lipinski definition) is 9. The zero-order chi connectivity index (χ0) is 38.3. The summed E-state index contributed by atoms with van der Waals surface area (Å²) in [5.74, 6) is 3.41. The third kappa shape index (κ3) is 7.70. The van der Waals surface area contributed by atoms with Gasteiger partial charge >= 0.3 is 0 Å². The predicted octanol–water partition coefficient (Wildman–Crippen LogP) is 9.94. The van der Waals surface area contributed by atoms with Gasteiger partial charge in [-0.15, -0.1) is 0 Å². The highest BCUT2D eigenvalue weighted by molar-refractivity contribution is 9.10. The average Bonchev–Trinajstić information content (AvgIpc) is 3.69. The molecule has 3 heterocycles. The molecule has 12 heteroatoms. The molecular weight excluding hydrogens is 762 g/mol. The van der Waals surface area contributed by atoms with E-state index >= 15 is 0 Å². The Morgan fingerprint density at radius 2 is 1.70 bits per heavy atom. The van der Waals surface area contributed by atoms with Gasteiger partial charge in [-0.3, -0.25) is 0 Å². The van der Waals surface area contributed by atoms with E-state index < -0.39 is 25.9 Å². The van der Waals surface area contributed by atoms with E-state index in [0.717, 1.165) is 43.5 Å². The first-order chi connectivity index (χ1) is 25.7. The zero-order valence-corrected chi connectivity index (χ0v) is 34.4. The number of methoxy groups -OCH3 is 1. The number of para-hydroxylation sites is 1. The Bertz CT molecular complexity index is 2240. The molecule has 282 valence electrons. The predicted molar refractivity (Wildman–Crippen MR) is 219 cm³/mol. The van der Waals surface area contributed by atoms with Crippen molar-refractivity contribution in [3.8, 4) is 23.1 Å². The van der Waals surface area contributed by atoms with Crippen LogP contribution in [0.3, 0.4) is 0 Å². The van der Waals surface area contributed by atoms with Crippen LogP contribution in [0.15, 0.2) is 102 Å². The zero-order valence-electron chi connectivity index (χ0n) is 31.8. The average molecular weight is 811 g/mol. The summed E-state index contributed by atoms with van der Waals surface area (Å²) >= 11 is 3.69. The van der Waals surface area contributed by atoms with Crippen molar-refractivity contribution >= 4 is 52.0 Å². The van der Waals surface area contributed by atoms with E-state index in [1.807, 2.05) is 85.1 Å². The summed E-state index contributed by atoms with van der Waals surface area (Å²) in [6.45, 7) is 14.1. The first kappa shape index (κ1) is 37.8. The van der Waals surface area contributed by atoms with Gasteiger partial charge < -0.3 is 33.6 Å². The molecule has 0 radical (unpaired) electrons. The second-order valence-corrected chi connectivity index (χ2v) is 21.5. The SMILES string of the molecule is COc1ccc(CNc2nc3cc(OC[C@@]4(C)C[C@@H](n5ccc6c(Oc7ccccc7)ncnc65)[C@H](O[Si](C)(C)C(C)(C)C)[C@@H]4O)ccc3cc2Br)cc1. The Hall–Kier alpha value is -4.49. The van der Waals surface area contributed by atoms with Crippen LogP contribution in [0.2, 0.25) is 18.1 Å². The summed E-state index contributed by atoms with van der Waals surface area (Å²) in [5, 5.41) is 17.4. The van der Waals surface area contributed by atoms with Crippen LogP contribution < -0.4 is 19.5 Å². The molecule has 0 aliphatic heterocycles. The number of fused-ring (bicyclic) bond motifs is 2. The number of aliphatic hydroxyl groups excluding tert-OH is 1. The largest absolute Gasteiger partial charge is 0.497 e. The van der Waals surface area contributed by atoms with Crippen LogP contribution in [0, 0.1) is 5.41 Å². The van der Waals surface area contributed by atoms with Crippen molar-refractivity contribution in [1.29, 1.82) is 0 Å². The van der Waals surface area contributed by atoms with Crippen LogP contribution in [0.5, 0.6) is 23.1 Å². The Kier molecular flexibility index (Phi) is 10.5. The lowest BCUT2D eigenvalue weighted by atomic mass is 9.87. The quantitative estimate of drug-likeness (QED) is 0.117. The van der Waals surface area contributed by atoms with Crippen molar-refractivity contribution in [2.75, 3.05) is 19.0 Å². The van der Waals surface area contributed by atoms with Crippen LogP contribution in [0.4, 0.5) is 5.82 Å². The van der Waals surface area contributed by atoms with Gasteiger partial charge in [0.15, 0.2) is 8.32 Å². The van der Waals surface area contributed by atoms with Crippen molar-refractivity contribution < 1.29 is 23.7 Å². The third-order valence-electron chi connectivity index (χ3n) is 11.0. The number of aliphatic hydroxyl groups is 1. The minimum Gasteiger partial charge on any atom is -0.497 e. The van der Waals surface area contributed by atoms with Crippen molar-refractivity contribution in [1.82, 2.24) is 19.5 Å². The van der Waals surface area contributed by atoms with Gasteiger partial charge in [0.2, 0.25) is 5.88 Å². The summed E-state index contributed by atoms with van der Waals surface area (Å²) in [5.41, 5.74) is 2.00. The Labute approximate surface area is 326 Å². The molecule has 6 aromatic rings. The van der Waals surface area contributed by atoms with E-state index in [0.29, 0.717) is 30.3 Å². The first-order valence-electron chi connectivity index (χ1n) is 18.2. The molecule has 0 spiro atoms. The summed E-state index contributed by atoms with van der Waals surface area (Å²) in [7, 11) is -0.652. The van der Waals surface area contributed by atoms with Gasteiger partial charge in [0.05, 0.1) is 47.3 Å². The monoisotopic (exact) mass is 809 g/mol. The number of ether oxygens (including phenoxy) is 3. The topological polar surface area (TPSA) is 113 Å². The van der Waals surface area contributed by atoms with Gasteiger partial charge in [0.25, 0.3) is 0 Å². The number of hydrogen-bond donors (Lipinski definition) is 2. The number of rotatable bonds is 12. The Morgan fingerprint density at radius 3 is 2.43 bits per heavy atom. The lowest BCUT2D eigenvalue weighted by Gasteiger charge is -2.41. The molecule has 4 atom stereocenters. The molecular formula is C42H48BrN5O5Si. The van der Waals surface area contributed by atoms with E-state index in [1.165, 1.54) is 6.33 Å². The van der Waals surface area contributed by atoms with Crippen LogP contribution >= 0.6 is 15.9 Å². The van der Waals surface area contributed by atoms with Crippen molar-refractivity contribution in [2.24, 2.45) is 5.41 Å². The standard InChI is InChI=1S/C42H48BrN5O5Si/c1-41(2,3)54(6,7)53-36-35(48-20-19-32-39(48)45-26-46-40(32)52-30-11-9-8-10-12-30)23-42(4,37(36)49)25-51-31-18-15-28-21-33(43)38(47-34(28)22-31)44-24-27-13-16-29(50-5)17-14-27/h8-22,26,35-37,49H,23-25H2,1-7H3,(H,44,47)/t35-,36+,37+,42-/m1/s1. The lowest BCUT2D eigenvalue weighted by Crippen LogP contribution is -2.49. The van der Waals surface area contributed by atoms with Crippen LogP contribution in [-0.4, -0.2) is 58.9 Å². The molecule has 1 aliphatic carbocycles. The summed E-state index contributed by atoms with van der Waals surface area (Å²) in [4.78, 5) is 14.1. The highest BCUT2D eigenvalue weighted by atomic mass is 79.9. The van der Waals surface area contributed by atoms with Gasteiger partial charge in [-0.2, -0.15) is 0 Å². The summed E-state index contributed by atoms with van der Waals surface area (Å²) < 4.78 is 28.1. The van der Waals surface area contributed by atoms with Gasteiger partial charge in [-0.05, 0) is 94.6 Å². The third-order valence-corrected chi connectivity index (χ3v) is 16.1. The van der Waals surface area contributed by atoms with Crippen LogP contribution in [0.1, 0.15) is 45.7 Å². The van der Waals surface area contributed by atoms with E-state index in [1.54, 1.807) is 7.11 Å². The van der Waals surface area contributed by atoms with Gasteiger partial charge in [0.1, 0.15) is 35.0 Å². The highest BCUT2D eigenvalue weighted by Crippen LogP contribution is 2.50. The van der Waals surface area contributed by atoms with E-state index in [2.05, 4.69) is 77.7 Å². The summed E-state index contributed by atoms with van der Waals surface area (Å²) in [6, 6.07) is 27.3. The fourth-order valence-corrected chi connectivity index (χ4v) is 8.59. The number of nitrogens with zero attached hydrogens (tertiary/aromatic N) is 4. The minimum absolute atomic E-state index is 0.0557. The normalized spacial score (nSPS) is 20.4. The van der Waals surface area contributed by atoms with E-state index in [9.17, 15) is 5.11 Å². The number of anilines is 1. The van der Waals surface area contributed by atoms with Crippen molar-refractivity contribution in [3.05, 3.63) is 107 Å². The minimum atomic E-state index is -2.31. The molecule has 0 amide bonds. The molecule has 1 fully saturated rings. The van der Waals surface area contributed by atoms with Crippen LogP contribution in [0.25, 0.3) is 21.9 Å². The van der Waals surface area contributed by atoms with Gasteiger partial charge in [0, 0.05) is 29.6 Å². The fourth-order valence-electron chi connectivity index (χ4n) is 6.79. The number of benzene rings is 3. The molecule has 0 bridgehead atoms. The second kappa shape index (κ2) is 15.0. The van der Waals surface area contributed by atoms with Gasteiger partial charge in [-0.25, -0.2) is 15.0 Å². The van der Waals surface area contributed by atoms with Crippen molar-refractivity contribution in [3.63, 3.8) is 0 Å². The molecule has 2 N–H and O–H groups in total. The number of halogens is 1. The van der Waals surface area contributed by atoms with Crippen molar-refractivity contribution in [2.45, 2.75) is 77.0 Å². The number of nitrogens with one attached hydrogen (secondary N) is 1. The smallest absolute Gasteiger partial charge is 0.231 e. The Morgan fingerprint density at radius 1 is 0.963 bits per heavy atom. The first-order valence-corrected chi connectivity index (χ1v) is 21.9. The lowest BCUT2D eigenvalue weighted by molar-refractivity contribution is -0.0310. The maximum atomic E-state index is 12.2. The van der Waals surface area contributed by atoms with Crippen LogP contribution in [-0.2, 0) is 11.0 Å². The Balaban J connectivity index is 1.14. The maximum Gasteiger partial charge on any atom is 0.231 e. The summed E-state index contributed by atoms with van der Waals surface area (Å²) in [6.07, 6.45) is 2.85. The molecule has 10 nitrogen and oxygen atoms in total. The molecule has 3 aromatic carbocycles. The van der Waals surface area contributed by atoms with E-state index in [-0.39, 0.29) is 17.7 Å². The van der Waals surface area contributed by atoms with E-state index in [4.69, 9.17) is 28.6 Å². The highest BCUT2D eigenvalue weighted by Gasteiger charge is 2.55. The molecule has 3 aromatic heterocycles. The van der Waals surface area contributed by atoms with Gasteiger partial charge in [-0.1, -0.05) is 58.0 Å². The number of aromatic nitrogens is 4. The fraction of sp³-hybridized carbons (Fsp3) is 0.357. The number of pyridine rings is 1. The molecule has 0 saturated heterocycles. The molecule has 0 unspecified atom stereocenters. The molecule has 54 heavy (non-hydrogen) atoms. The maximum absolute atomic E-state index is 12.2. The molecule has 1 saturated carbocycles. The molecule has 1 aliphatic rings. The second-order valence-electron chi connectivity index (χ2n) is 15.9.